The molecule has 10 heavy (non-hydrogen) atoms. The van der Waals surface area contributed by atoms with E-state index in [0.717, 1.165) is 6.42 Å². The van der Waals surface area contributed by atoms with Crippen molar-refractivity contribution in [2.75, 3.05) is 6.61 Å². The van der Waals surface area contributed by atoms with Crippen LogP contribution >= 0.6 is 11.8 Å². The fourth-order valence-electron chi connectivity index (χ4n) is 0.735. The molecule has 2 heteroatoms. The van der Waals surface area contributed by atoms with Gasteiger partial charge in [-0.2, -0.15) is 11.8 Å². The normalized spacial score (nSPS) is 15.3. The molecule has 0 rings (SSSR count). The largest absolute Gasteiger partial charge is 0.236 e. The molecule has 1 atom stereocenters. The van der Waals surface area contributed by atoms with Crippen LogP contribution in [0.25, 0.3) is 0 Å². The van der Waals surface area contributed by atoms with Gasteiger partial charge in [-0.05, 0) is 6.42 Å². The predicted octanol–water partition coefficient (Wildman–Crippen LogP) is 2.73. The Balaban J connectivity index is 3.63. The third-order valence-electron chi connectivity index (χ3n) is 1.16. The Bertz CT molecular complexity index is 81.7. The first-order valence-electron chi connectivity index (χ1n) is 3.75. The van der Waals surface area contributed by atoms with Gasteiger partial charge in [0.25, 0.3) is 0 Å². The van der Waals surface area contributed by atoms with Gasteiger partial charge in [0.05, 0.1) is 6.61 Å². The first-order chi connectivity index (χ1) is 4.49. The molecule has 0 amide bonds. The highest BCUT2D eigenvalue weighted by atomic mass is 32.2. The van der Waals surface area contributed by atoms with Crippen molar-refractivity contribution in [3.05, 3.63) is 0 Å². The lowest BCUT2D eigenvalue weighted by atomic mass is 10.3. The van der Waals surface area contributed by atoms with Crippen LogP contribution in [0.1, 0.15) is 34.1 Å². The second-order valence-electron chi connectivity index (χ2n) is 3.43. The molecule has 0 fully saturated rings. The molecular formula is C8H17OS. The summed E-state index contributed by atoms with van der Waals surface area (Å²) in [6, 6.07) is 0. The Kier molecular flexibility index (Phi) is 4.37. The van der Waals surface area contributed by atoms with Crippen LogP contribution in [0.4, 0.5) is 0 Å². The number of hydrogen-bond donors (Lipinski definition) is 0. The van der Waals surface area contributed by atoms with Crippen molar-refractivity contribution in [1.82, 2.24) is 0 Å². The minimum Gasteiger partial charge on any atom is -0.236 e. The van der Waals surface area contributed by atoms with Crippen LogP contribution in [-0.4, -0.2) is 16.6 Å². The van der Waals surface area contributed by atoms with Gasteiger partial charge < -0.3 is 0 Å². The van der Waals surface area contributed by atoms with Crippen molar-refractivity contribution in [2.24, 2.45) is 0 Å². The maximum atomic E-state index is 10.5. The molecule has 0 aliphatic heterocycles. The lowest BCUT2D eigenvalue weighted by molar-refractivity contribution is 0.192. The Labute approximate surface area is 68.2 Å². The van der Waals surface area contributed by atoms with E-state index in [4.69, 9.17) is 0 Å². The van der Waals surface area contributed by atoms with Crippen molar-refractivity contribution < 1.29 is 5.11 Å². The molecule has 0 saturated carbocycles. The van der Waals surface area contributed by atoms with Gasteiger partial charge in [0.2, 0.25) is 0 Å². The van der Waals surface area contributed by atoms with Crippen LogP contribution in [0.3, 0.4) is 0 Å². The van der Waals surface area contributed by atoms with Crippen molar-refractivity contribution in [2.45, 2.75) is 44.1 Å². The van der Waals surface area contributed by atoms with E-state index in [1.165, 1.54) is 0 Å². The fourth-order valence-corrected chi connectivity index (χ4v) is 1.97. The van der Waals surface area contributed by atoms with Crippen molar-refractivity contribution >= 4 is 11.8 Å². The third kappa shape index (κ3) is 5.12. The fraction of sp³-hybridized carbons (Fsp3) is 1.00. The highest BCUT2D eigenvalue weighted by Gasteiger charge is 2.16. The monoisotopic (exact) mass is 161 g/mol. The van der Waals surface area contributed by atoms with Crippen LogP contribution in [0.2, 0.25) is 0 Å². The summed E-state index contributed by atoms with van der Waals surface area (Å²) < 4.78 is 0.241. The van der Waals surface area contributed by atoms with E-state index in [-0.39, 0.29) is 11.4 Å². The molecule has 1 nitrogen and oxygen atoms in total. The van der Waals surface area contributed by atoms with Gasteiger partial charge in [0.1, 0.15) is 0 Å². The lowest BCUT2D eigenvalue weighted by Gasteiger charge is -2.22. The molecule has 61 valence electrons. The minimum atomic E-state index is 0.0540. The Morgan fingerprint density at radius 3 is 2.00 bits per heavy atom. The predicted molar refractivity (Wildman–Crippen MR) is 47.0 cm³/mol. The minimum absolute atomic E-state index is 0.0540. The molecule has 0 N–H and O–H groups in total. The van der Waals surface area contributed by atoms with Crippen molar-refractivity contribution in [3.63, 3.8) is 0 Å². The molecule has 0 heterocycles. The standard InChI is InChI=1S/C8H17OS/c1-5-7(6-9)10-8(2,3)4/h7H,5-6H2,1-4H3. The van der Waals surface area contributed by atoms with Crippen molar-refractivity contribution in [1.29, 1.82) is 0 Å². The van der Waals surface area contributed by atoms with Gasteiger partial charge in [-0.15, -0.1) is 0 Å². The SMILES string of the molecule is CCC(C[O])SC(C)(C)C. The molecular weight excluding hydrogens is 144 g/mol. The number of hydrogen-bond acceptors (Lipinski definition) is 1. The van der Waals surface area contributed by atoms with Crippen molar-refractivity contribution in [3.8, 4) is 0 Å². The van der Waals surface area contributed by atoms with Gasteiger partial charge in [0, 0.05) is 10.00 Å². The molecule has 0 aromatic heterocycles. The van der Waals surface area contributed by atoms with E-state index in [1.54, 1.807) is 11.8 Å². The average molecular weight is 161 g/mol. The maximum absolute atomic E-state index is 10.5. The molecule has 1 radical (unpaired) electrons. The van der Waals surface area contributed by atoms with Gasteiger partial charge in [0.15, 0.2) is 0 Å². The topological polar surface area (TPSA) is 19.9 Å². The third-order valence-corrected chi connectivity index (χ3v) is 2.67. The second kappa shape index (κ2) is 4.24. The van der Waals surface area contributed by atoms with Gasteiger partial charge in [-0.1, -0.05) is 27.7 Å². The zero-order chi connectivity index (χ0) is 8.20. The Morgan fingerprint density at radius 1 is 1.40 bits per heavy atom. The second-order valence-corrected chi connectivity index (χ2v) is 5.55. The van der Waals surface area contributed by atoms with E-state index in [1.807, 2.05) is 0 Å². The van der Waals surface area contributed by atoms with E-state index in [9.17, 15) is 5.11 Å². The zero-order valence-electron chi connectivity index (χ0n) is 7.31. The Morgan fingerprint density at radius 2 is 1.90 bits per heavy atom. The van der Waals surface area contributed by atoms with Gasteiger partial charge in [-0.3, -0.25) is 0 Å². The summed E-state index contributed by atoms with van der Waals surface area (Å²) in [5.74, 6) is 0. The summed E-state index contributed by atoms with van der Waals surface area (Å²) in [6.07, 6.45) is 0.992. The summed E-state index contributed by atoms with van der Waals surface area (Å²) in [5, 5.41) is 10.8. The summed E-state index contributed by atoms with van der Waals surface area (Å²) in [4.78, 5) is 0. The summed E-state index contributed by atoms with van der Waals surface area (Å²) in [6.45, 7) is 8.57. The molecule has 0 aromatic carbocycles. The molecule has 0 bridgehead atoms. The quantitative estimate of drug-likeness (QED) is 0.623. The van der Waals surface area contributed by atoms with E-state index >= 15 is 0 Å². The van der Waals surface area contributed by atoms with Gasteiger partial charge in [-0.25, -0.2) is 5.11 Å². The van der Waals surface area contributed by atoms with Crippen LogP contribution in [0.15, 0.2) is 0 Å². The van der Waals surface area contributed by atoms with E-state index in [0.29, 0.717) is 5.25 Å². The summed E-state index contributed by atoms with van der Waals surface area (Å²) >= 11 is 1.79. The highest BCUT2D eigenvalue weighted by Crippen LogP contribution is 2.29. The highest BCUT2D eigenvalue weighted by molar-refractivity contribution is 8.01. The maximum Gasteiger partial charge on any atom is 0.0941 e. The van der Waals surface area contributed by atoms with Crippen LogP contribution in [0, 0.1) is 0 Å². The van der Waals surface area contributed by atoms with Crippen LogP contribution < -0.4 is 0 Å². The lowest BCUT2D eigenvalue weighted by Crippen LogP contribution is -2.17. The average Bonchev–Trinajstić information content (AvgIpc) is 1.81. The molecule has 0 aliphatic rings. The molecule has 0 spiro atoms. The summed E-state index contributed by atoms with van der Waals surface area (Å²) in [7, 11) is 0. The molecule has 0 aromatic rings. The molecule has 0 aliphatic carbocycles. The van der Waals surface area contributed by atoms with E-state index < -0.39 is 0 Å². The van der Waals surface area contributed by atoms with Crippen LogP contribution in [0.5, 0.6) is 0 Å². The molecule has 1 unspecified atom stereocenters. The van der Waals surface area contributed by atoms with E-state index in [2.05, 4.69) is 27.7 Å². The molecule has 0 saturated heterocycles. The number of rotatable bonds is 3. The van der Waals surface area contributed by atoms with Crippen LogP contribution in [-0.2, 0) is 5.11 Å². The number of thioether (sulfide) groups is 1. The zero-order valence-corrected chi connectivity index (χ0v) is 8.12. The smallest absolute Gasteiger partial charge is 0.0941 e. The Hall–Kier alpha value is 0.310. The van der Waals surface area contributed by atoms with Gasteiger partial charge >= 0.3 is 0 Å². The summed E-state index contributed by atoms with van der Waals surface area (Å²) in [5.41, 5.74) is 0. The first-order valence-corrected chi connectivity index (χ1v) is 4.63. The first kappa shape index (κ1) is 10.3.